The first kappa shape index (κ1) is 24.4. The van der Waals surface area contributed by atoms with Crippen LogP contribution in [0.5, 0.6) is 5.75 Å². The highest BCUT2D eigenvalue weighted by Crippen LogP contribution is 2.21. The second-order valence-electron chi connectivity index (χ2n) is 9.16. The minimum absolute atomic E-state index is 0.116. The molecule has 0 saturated heterocycles. The van der Waals surface area contributed by atoms with Crippen LogP contribution in [-0.4, -0.2) is 34.9 Å². The minimum atomic E-state index is -0.574. The van der Waals surface area contributed by atoms with Crippen LogP contribution in [0.4, 0.5) is 0 Å². The van der Waals surface area contributed by atoms with E-state index in [4.69, 9.17) is 4.74 Å². The molecule has 168 valence electrons. The Morgan fingerprint density at radius 3 is 2.26 bits per heavy atom. The van der Waals surface area contributed by atoms with Gasteiger partial charge in [-0.15, -0.1) is 0 Å². The van der Waals surface area contributed by atoms with Crippen LogP contribution < -0.4 is 10.1 Å². The molecule has 2 amide bonds. The molecule has 0 bridgehead atoms. The SMILES string of the molecule is CC[C@@H](C(=O)NC(C)(C)C)N(Cc1ccc(C)cc1)C(=O)COc1cccc(C)c1C. The van der Waals surface area contributed by atoms with E-state index in [0.717, 1.165) is 22.3 Å². The van der Waals surface area contributed by atoms with Gasteiger partial charge in [0.15, 0.2) is 6.61 Å². The van der Waals surface area contributed by atoms with E-state index in [0.29, 0.717) is 18.7 Å². The molecule has 5 nitrogen and oxygen atoms in total. The van der Waals surface area contributed by atoms with Gasteiger partial charge in [-0.05, 0) is 70.7 Å². The second-order valence-corrected chi connectivity index (χ2v) is 9.16. The van der Waals surface area contributed by atoms with Crippen molar-refractivity contribution < 1.29 is 14.3 Å². The molecule has 5 heteroatoms. The largest absolute Gasteiger partial charge is 0.483 e. The molecule has 0 heterocycles. The lowest BCUT2D eigenvalue weighted by Gasteiger charge is -2.33. The van der Waals surface area contributed by atoms with Gasteiger partial charge >= 0.3 is 0 Å². The molecule has 31 heavy (non-hydrogen) atoms. The van der Waals surface area contributed by atoms with Crippen LogP contribution in [-0.2, 0) is 16.1 Å². The highest BCUT2D eigenvalue weighted by atomic mass is 16.5. The normalized spacial score (nSPS) is 12.2. The Labute approximate surface area is 186 Å². The first-order chi connectivity index (χ1) is 14.5. The van der Waals surface area contributed by atoms with Crippen molar-refractivity contribution in [2.75, 3.05) is 6.61 Å². The summed E-state index contributed by atoms with van der Waals surface area (Å²) in [6, 6.07) is 13.2. The van der Waals surface area contributed by atoms with Gasteiger partial charge in [-0.2, -0.15) is 0 Å². The van der Waals surface area contributed by atoms with Gasteiger partial charge in [-0.1, -0.05) is 48.9 Å². The Hall–Kier alpha value is -2.82. The quantitative estimate of drug-likeness (QED) is 0.667. The summed E-state index contributed by atoms with van der Waals surface area (Å²) in [6.07, 6.45) is 0.517. The first-order valence-electron chi connectivity index (χ1n) is 10.9. The lowest BCUT2D eigenvalue weighted by Crippen LogP contribution is -2.54. The van der Waals surface area contributed by atoms with Crippen LogP contribution in [0.15, 0.2) is 42.5 Å². The minimum Gasteiger partial charge on any atom is -0.483 e. The molecule has 0 fully saturated rings. The molecule has 0 unspecified atom stereocenters. The molecule has 2 aromatic carbocycles. The van der Waals surface area contributed by atoms with Crippen molar-refractivity contribution in [3.63, 3.8) is 0 Å². The van der Waals surface area contributed by atoms with Crippen LogP contribution in [0.2, 0.25) is 0 Å². The van der Waals surface area contributed by atoms with Crippen LogP contribution in [0.25, 0.3) is 0 Å². The van der Waals surface area contributed by atoms with Crippen LogP contribution in [0.1, 0.15) is 56.4 Å². The Balaban J connectivity index is 2.26. The zero-order valence-electron chi connectivity index (χ0n) is 19.9. The molecule has 1 N–H and O–H groups in total. The lowest BCUT2D eigenvalue weighted by atomic mass is 10.1. The number of carbonyl (C=O) groups excluding carboxylic acids is 2. The third kappa shape index (κ3) is 7.12. The molecule has 0 spiro atoms. The lowest BCUT2D eigenvalue weighted by molar-refractivity contribution is -0.143. The predicted octanol–water partition coefficient (Wildman–Crippen LogP) is 4.71. The predicted molar refractivity (Wildman–Crippen MR) is 125 cm³/mol. The maximum Gasteiger partial charge on any atom is 0.261 e. The number of hydrogen-bond acceptors (Lipinski definition) is 3. The summed E-state index contributed by atoms with van der Waals surface area (Å²) in [5.74, 6) is 0.329. The number of nitrogens with zero attached hydrogens (tertiary/aromatic N) is 1. The first-order valence-corrected chi connectivity index (χ1v) is 10.9. The van der Waals surface area contributed by atoms with Gasteiger partial charge in [0.2, 0.25) is 5.91 Å². The summed E-state index contributed by atoms with van der Waals surface area (Å²) in [4.78, 5) is 27.9. The van der Waals surface area contributed by atoms with E-state index in [-0.39, 0.29) is 24.0 Å². The van der Waals surface area contributed by atoms with E-state index >= 15 is 0 Å². The maximum absolute atomic E-state index is 13.3. The van der Waals surface area contributed by atoms with Gasteiger partial charge in [0.1, 0.15) is 11.8 Å². The fraction of sp³-hybridized carbons (Fsp3) is 0.462. The van der Waals surface area contributed by atoms with Gasteiger partial charge < -0.3 is 15.0 Å². The van der Waals surface area contributed by atoms with E-state index < -0.39 is 6.04 Å². The van der Waals surface area contributed by atoms with E-state index in [1.54, 1.807) is 4.90 Å². The average molecular weight is 425 g/mol. The third-order valence-electron chi connectivity index (χ3n) is 5.26. The Morgan fingerprint density at radius 1 is 1.03 bits per heavy atom. The summed E-state index contributed by atoms with van der Waals surface area (Å²) in [7, 11) is 0. The van der Waals surface area contributed by atoms with Crippen LogP contribution in [0, 0.1) is 20.8 Å². The zero-order valence-corrected chi connectivity index (χ0v) is 19.9. The van der Waals surface area contributed by atoms with Crippen LogP contribution >= 0.6 is 0 Å². The third-order valence-corrected chi connectivity index (χ3v) is 5.26. The van der Waals surface area contributed by atoms with Crippen LogP contribution in [0.3, 0.4) is 0 Å². The molecule has 0 aliphatic rings. The maximum atomic E-state index is 13.3. The topological polar surface area (TPSA) is 58.6 Å². The highest BCUT2D eigenvalue weighted by Gasteiger charge is 2.31. The molecule has 0 aliphatic carbocycles. The Bertz CT molecular complexity index is 898. The molecular weight excluding hydrogens is 388 g/mol. The molecular formula is C26H36N2O3. The van der Waals surface area contributed by atoms with Crippen molar-refractivity contribution in [2.45, 2.75) is 73.0 Å². The molecule has 0 aliphatic heterocycles. The fourth-order valence-corrected chi connectivity index (χ4v) is 3.37. The van der Waals surface area contributed by atoms with Crippen molar-refractivity contribution in [1.29, 1.82) is 0 Å². The molecule has 2 rings (SSSR count). The summed E-state index contributed by atoms with van der Waals surface area (Å²) in [5.41, 5.74) is 3.87. The second kappa shape index (κ2) is 10.5. The molecule has 0 saturated carbocycles. The monoisotopic (exact) mass is 424 g/mol. The van der Waals surface area contributed by atoms with E-state index in [1.807, 2.05) is 90.9 Å². The number of ether oxygens (including phenoxy) is 1. The molecule has 2 aromatic rings. The number of hydrogen-bond donors (Lipinski definition) is 1. The number of nitrogens with one attached hydrogen (secondary N) is 1. The van der Waals surface area contributed by atoms with Gasteiger partial charge in [0, 0.05) is 12.1 Å². The van der Waals surface area contributed by atoms with E-state index in [9.17, 15) is 9.59 Å². The fourth-order valence-electron chi connectivity index (χ4n) is 3.37. The van der Waals surface area contributed by atoms with Crippen molar-refractivity contribution in [2.24, 2.45) is 0 Å². The van der Waals surface area contributed by atoms with Crippen molar-refractivity contribution >= 4 is 11.8 Å². The zero-order chi connectivity index (χ0) is 23.2. The van der Waals surface area contributed by atoms with Gasteiger partial charge in [0.05, 0.1) is 0 Å². The highest BCUT2D eigenvalue weighted by molar-refractivity contribution is 5.88. The van der Waals surface area contributed by atoms with Crippen molar-refractivity contribution in [3.8, 4) is 5.75 Å². The molecule has 0 radical (unpaired) electrons. The van der Waals surface area contributed by atoms with Gasteiger partial charge in [0.25, 0.3) is 5.91 Å². The summed E-state index contributed by atoms with van der Waals surface area (Å²) in [6.45, 7) is 14.0. The summed E-state index contributed by atoms with van der Waals surface area (Å²) in [5, 5.41) is 3.02. The average Bonchev–Trinajstić information content (AvgIpc) is 2.69. The van der Waals surface area contributed by atoms with Gasteiger partial charge in [-0.3, -0.25) is 9.59 Å². The number of rotatable bonds is 8. The molecule has 1 atom stereocenters. The van der Waals surface area contributed by atoms with Gasteiger partial charge in [-0.25, -0.2) is 0 Å². The summed E-state index contributed by atoms with van der Waals surface area (Å²) < 4.78 is 5.87. The van der Waals surface area contributed by atoms with E-state index in [2.05, 4.69) is 5.32 Å². The smallest absolute Gasteiger partial charge is 0.261 e. The van der Waals surface area contributed by atoms with E-state index in [1.165, 1.54) is 0 Å². The number of carbonyl (C=O) groups is 2. The standard InChI is InChI=1S/C26H36N2O3/c1-8-22(25(30)27-26(5,6)7)28(16-21-14-12-18(2)13-15-21)24(29)17-31-23-11-9-10-19(3)20(23)4/h9-15,22H,8,16-17H2,1-7H3,(H,27,30)/t22-/m0/s1. The number of benzene rings is 2. The van der Waals surface area contributed by atoms with Crippen molar-refractivity contribution in [1.82, 2.24) is 10.2 Å². The summed E-state index contributed by atoms with van der Waals surface area (Å²) >= 11 is 0. The van der Waals surface area contributed by atoms with Crippen molar-refractivity contribution in [3.05, 3.63) is 64.7 Å². The Kier molecular flexibility index (Phi) is 8.26. The number of aryl methyl sites for hydroxylation is 2. The Morgan fingerprint density at radius 2 is 1.68 bits per heavy atom. The number of amides is 2. The molecule has 0 aromatic heterocycles.